The molecule has 2 atom stereocenters. The standard InChI is InChI=1S/C26H34N2O6/c1-17-10-11-19(22(29)14-17)26(2,3)12-13-27-20(16-23(30)31)24(32)28-21(25(33)34-4)15-18-8-6-5-7-9-18/h5-11,14,20-21,27,29H,12-13,15-16H2,1-4H3,(H,28,32)(H,30,31)/t20-,21+/m1/s1. The lowest BCUT2D eigenvalue weighted by atomic mass is 9.80. The van der Waals surface area contributed by atoms with Gasteiger partial charge in [-0.2, -0.15) is 0 Å². The minimum Gasteiger partial charge on any atom is -0.508 e. The molecule has 34 heavy (non-hydrogen) atoms. The van der Waals surface area contributed by atoms with Crippen molar-refractivity contribution in [2.75, 3.05) is 13.7 Å². The van der Waals surface area contributed by atoms with Crippen LogP contribution in [0.4, 0.5) is 0 Å². The Kier molecular flexibility index (Phi) is 9.62. The summed E-state index contributed by atoms with van der Waals surface area (Å²) in [6.07, 6.45) is 0.317. The second-order valence-corrected chi connectivity index (χ2v) is 9.03. The molecule has 0 saturated carbocycles. The smallest absolute Gasteiger partial charge is 0.328 e. The third kappa shape index (κ3) is 7.88. The molecule has 0 bridgehead atoms. The van der Waals surface area contributed by atoms with Crippen molar-refractivity contribution in [2.24, 2.45) is 0 Å². The van der Waals surface area contributed by atoms with E-state index in [1.807, 2.05) is 63.2 Å². The molecule has 0 aliphatic heterocycles. The molecule has 0 aliphatic rings. The van der Waals surface area contributed by atoms with Crippen LogP contribution in [-0.4, -0.2) is 53.8 Å². The number of carbonyl (C=O) groups is 3. The highest BCUT2D eigenvalue weighted by Gasteiger charge is 2.29. The molecule has 0 heterocycles. The maximum absolute atomic E-state index is 12.9. The number of ether oxygens (including phenoxy) is 1. The maximum Gasteiger partial charge on any atom is 0.328 e. The maximum atomic E-state index is 12.9. The topological polar surface area (TPSA) is 125 Å². The molecule has 4 N–H and O–H groups in total. The number of carboxylic acid groups (broad SMARTS) is 1. The molecule has 184 valence electrons. The highest BCUT2D eigenvalue weighted by Crippen LogP contribution is 2.33. The number of carbonyl (C=O) groups excluding carboxylic acids is 2. The van der Waals surface area contributed by atoms with E-state index in [9.17, 15) is 24.6 Å². The molecule has 8 nitrogen and oxygen atoms in total. The predicted octanol–water partition coefficient (Wildman–Crippen LogP) is 2.70. The second kappa shape index (κ2) is 12.2. The Morgan fingerprint density at radius 3 is 2.32 bits per heavy atom. The second-order valence-electron chi connectivity index (χ2n) is 9.03. The van der Waals surface area contributed by atoms with Crippen molar-refractivity contribution in [1.82, 2.24) is 10.6 Å². The quantitative estimate of drug-likeness (QED) is 0.352. The number of rotatable bonds is 12. The average molecular weight is 471 g/mol. The zero-order chi connectivity index (χ0) is 25.3. The number of methoxy groups -OCH3 is 1. The van der Waals surface area contributed by atoms with Crippen LogP contribution in [0.1, 0.15) is 43.4 Å². The number of hydrogen-bond donors (Lipinski definition) is 4. The van der Waals surface area contributed by atoms with Crippen LogP contribution >= 0.6 is 0 Å². The zero-order valence-electron chi connectivity index (χ0n) is 20.1. The van der Waals surface area contributed by atoms with Gasteiger partial charge in [0.1, 0.15) is 11.8 Å². The summed E-state index contributed by atoms with van der Waals surface area (Å²) in [5, 5.41) is 25.3. The van der Waals surface area contributed by atoms with E-state index in [4.69, 9.17) is 4.74 Å². The van der Waals surface area contributed by atoms with Gasteiger partial charge in [0, 0.05) is 6.42 Å². The van der Waals surface area contributed by atoms with Crippen LogP contribution in [0, 0.1) is 6.92 Å². The van der Waals surface area contributed by atoms with Crippen LogP contribution in [0.2, 0.25) is 0 Å². The molecule has 2 aromatic carbocycles. The van der Waals surface area contributed by atoms with Crippen molar-refractivity contribution in [1.29, 1.82) is 0 Å². The molecular weight excluding hydrogens is 436 g/mol. The van der Waals surface area contributed by atoms with E-state index >= 15 is 0 Å². The molecule has 2 aromatic rings. The molecule has 0 spiro atoms. The summed E-state index contributed by atoms with van der Waals surface area (Å²) < 4.78 is 4.83. The van der Waals surface area contributed by atoms with Crippen LogP contribution in [0.5, 0.6) is 5.75 Å². The number of aromatic hydroxyl groups is 1. The van der Waals surface area contributed by atoms with Gasteiger partial charge in [-0.1, -0.05) is 56.3 Å². The number of hydrogen-bond acceptors (Lipinski definition) is 6. The van der Waals surface area contributed by atoms with Gasteiger partial charge in [0.2, 0.25) is 5.91 Å². The highest BCUT2D eigenvalue weighted by molar-refractivity contribution is 5.90. The lowest BCUT2D eigenvalue weighted by Gasteiger charge is -2.28. The highest BCUT2D eigenvalue weighted by atomic mass is 16.5. The van der Waals surface area contributed by atoms with Gasteiger partial charge in [0.25, 0.3) is 0 Å². The summed E-state index contributed by atoms with van der Waals surface area (Å²) in [6.45, 7) is 6.16. The Labute approximate surface area is 200 Å². The van der Waals surface area contributed by atoms with E-state index in [-0.39, 0.29) is 12.2 Å². The van der Waals surface area contributed by atoms with Crippen molar-refractivity contribution in [2.45, 2.75) is 57.5 Å². The van der Waals surface area contributed by atoms with Gasteiger partial charge >= 0.3 is 11.9 Å². The Morgan fingerprint density at radius 1 is 1.06 bits per heavy atom. The summed E-state index contributed by atoms with van der Waals surface area (Å²) in [6, 6.07) is 12.7. The van der Waals surface area contributed by atoms with Crippen LogP contribution in [0.25, 0.3) is 0 Å². The van der Waals surface area contributed by atoms with Gasteiger partial charge in [-0.3, -0.25) is 9.59 Å². The summed E-state index contributed by atoms with van der Waals surface area (Å²) in [5.41, 5.74) is 2.13. The Bertz CT molecular complexity index is 990. The monoisotopic (exact) mass is 470 g/mol. The van der Waals surface area contributed by atoms with E-state index in [2.05, 4.69) is 10.6 Å². The van der Waals surface area contributed by atoms with Gasteiger partial charge in [0.15, 0.2) is 0 Å². The third-order valence-corrected chi connectivity index (χ3v) is 5.80. The molecule has 0 fully saturated rings. The number of aliphatic carboxylic acids is 1. The molecule has 8 heteroatoms. The van der Waals surface area contributed by atoms with Crippen molar-refractivity contribution in [3.8, 4) is 5.75 Å². The van der Waals surface area contributed by atoms with Crippen LogP contribution in [0.3, 0.4) is 0 Å². The summed E-state index contributed by atoms with van der Waals surface area (Å²) in [5.74, 6) is -2.14. The molecule has 1 amide bonds. The minimum atomic E-state index is -1.14. The normalized spacial score (nSPS) is 13.1. The molecule has 2 rings (SSSR count). The van der Waals surface area contributed by atoms with Crippen LogP contribution < -0.4 is 10.6 Å². The molecule has 0 aromatic heterocycles. The Hall–Kier alpha value is -3.39. The first-order valence-electron chi connectivity index (χ1n) is 11.2. The van der Waals surface area contributed by atoms with E-state index in [0.717, 1.165) is 16.7 Å². The lowest BCUT2D eigenvalue weighted by molar-refractivity contribution is -0.145. The SMILES string of the molecule is COC(=O)[C@H](Cc1ccccc1)NC(=O)[C@@H](CC(=O)O)NCCC(C)(C)c1ccc(C)cc1O. The fraction of sp³-hybridized carbons (Fsp3) is 0.423. The van der Waals surface area contributed by atoms with Gasteiger partial charge in [-0.15, -0.1) is 0 Å². The Balaban J connectivity index is 2.07. The number of aryl methyl sites for hydroxylation is 1. The lowest BCUT2D eigenvalue weighted by Crippen LogP contribution is -2.52. The van der Waals surface area contributed by atoms with Gasteiger partial charge in [-0.05, 0) is 48.1 Å². The predicted molar refractivity (Wildman–Crippen MR) is 129 cm³/mol. The summed E-state index contributed by atoms with van der Waals surface area (Å²) in [7, 11) is 1.24. The van der Waals surface area contributed by atoms with E-state index in [1.54, 1.807) is 6.07 Å². The van der Waals surface area contributed by atoms with Gasteiger partial charge in [-0.25, -0.2) is 4.79 Å². The van der Waals surface area contributed by atoms with Crippen molar-refractivity contribution < 1.29 is 29.3 Å². The first-order chi connectivity index (χ1) is 16.0. The fourth-order valence-corrected chi connectivity index (χ4v) is 3.80. The number of esters is 1. The third-order valence-electron chi connectivity index (χ3n) is 5.80. The molecule has 0 aliphatic carbocycles. The van der Waals surface area contributed by atoms with Crippen molar-refractivity contribution in [3.63, 3.8) is 0 Å². The van der Waals surface area contributed by atoms with Crippen molar-refractivity contribution in [3.05, 3.63) is 65.2 Å². The van der Waals surface area contributed by atoms with E-state index in [0.29, 0.717) is 13.0 Å². The first kappa shape index (κ1) is 26.9. The van der Waals surface area contributed by atoms with E-state index in [1.165, 1.54) is 7.11 Å². The van der Waals surface area contributed by atoms with Gasteiger partial charge in [0.05, 0.1) is 19.6 Å². The number of phenols is 1. The first-order valence-corrected chi connectivity index (χ1v) is 11.2. The average Bonchev–Trinajstić information content (AvgIpc) is 2.77. The van der Waals surface area contributed by atoms with Gasteiger partial charge < -0.3 is 25.6 Å². The Morgan fingerprint density at radius 2 is 1.74 bits per heavy atom. The zero-order valence-corrected chi connectivity index (χ0v) is 20.1. The number of benzene rings is 2. The number of nitrogens with one attached hydrogen (secondary N) is 2. The minimum absolute atomic E-state index is 0.201. The number of carboxylic acids is 1. The fourth-order valence-electron chi connectivity index (χ4n) is 3.80. The number of phenolic OH excluding ortho intramolecular Hbond substituents is 1. The largest absolute Gasteiger partial charge is 0.508 e. The number of amides is 1. The van der Waals surface area contributed by atoms with Crippen molar-refractivity contribution >= 4 is 17.8 Å². The molecule has 0 radical (unpaired) electrons. The molecule has 0 unspecified atom stereocenters. The summed E-state index contributed by atoms with van der Waals surface area (Å²) in [4.78, 5) is 36.6. The summed E-state index contributed by atoms with van der Waals surface area (Å²) >= 11 is 0. The molecular formula is C26H34N2O6. The van der Waals surface area contributed by atoms with E-state index < -0.39 is 41.8 Å². The molecule has 0 saturated heterocycles. The van der Waals surface area contributed by atoms with Crippen LogP contribution in [0.15, 0.2) is 48.5 Å². The van der Waals surface area contributed by atoms with Crippen LogP contribution in [-0.2, 0) is 31.0 Å².